The summed E-state index contributed by atoms with van der Waals surface area (Å²) in [4.78, 5) is 12.7. The van der Waals surface area contributed by atoms with E-state index in [1.807, 2.05) is 12.1 Å². The molecule has 3 unspecified atom stereocenters. The van der Waals surface area contributed by atoms with Crippen LogP contribution in [0.1, 0.15) is 50.2 Å². The van der Waals surface area contributed by atoms with E-state index >= 15 is 0 Å². The van der Waals surface area contributed by atoms with Gasteiger partial charge in [0.05, 0.1) is 19.1 Å². The number of methoxy groups -OCH3 is 1. The van der Waals surface area contributed by atoms with Crippen LogP contribution in [0.2, 0.25) is 0 Å². The van der Waals surface area contributed by atoms with Crippen molar-refractivity contribution in [3.05, 3.63) is 29.3 Å². The van der Waals surface area contributed by atoms with Gasteiger partial charge < -0.3 is 14.8 Å². The fourth-order valence-electron chi connectivity index (χ4n) is 4.15. The van der Waals surface area contributed by atoms with E-state index in [0.29, 0.717) is 11.8 Å². The van der Waals surface area contributed by atoms with Crippen LogP contribution in [-0.4, -0.2) is 32.3 Å². The lowest BCUT2D eigenvalue weighted by molar-refractivity contribution is -0.123. The molecule has 4 heteroatoms. The SMILES string of the molecule is COc1ccc2c(c1)C(C(=O)NCC1CCCOC1C(C)C)CC2. The van der Waals surface area contributed by atoms with Gasteiger partial charge in [-0.2, -0.15) is 0 Å². The minimum absolute atomic E-state index is 0.0443. The molecule has 1 heterocycles. The van der Waals surface area contributed by atoms with Gasteiger partial charge in [0.15, 0.2) is 0 Å². The van der Waals surface area contributed by atoms with Crippen molar-refractivity contribution >= 4 is 5.91 Å². The molecular weight excluding hydrogens is 302 g/mol. The first-order valence-corrected chi connectivity index (χ1v) is 9.16. The van der Waals surface area contributed by atoms with Crippen molar-refractivity contribution < 1.29 is 14.3 Å². The fourth-order valence-corrected chi connectivity index (χ4v) is 4.15. The Morgan fingerprint density at radius 2 is 2.21 bits per heavy atom. The minimum Gasteiger partial charge on any atom is -0.497 e. The molecule has 3 rings (SSSR count). The molecule has 1 aliphatic heterocycles. The second kappa shape index (κ2) is 7.56. The molecule has 1 aliphatic carbocycles. The number of amides is 1. The molecule has 1 amide bonds. The van der Waals surface area contributed by atoms with Crippen LogP contribution in [0.15, 0.2) is 18.2 Å². The third-order valence-corrected chi connectivity index (χ3v) is 5.44. The van der Waals surface area contributed by atoms with Crippen molar-refractivity contribution in [3.8, 4) is 5.75 Å². The van der Waals surface area contributed by atoms with Gasteiger partial charge in [0, 0.05) is 19.1 Å². The standard InChI is InChI=1S/C20H29NO3/c1-13(2)19-15(5-4-10-24-19)12-21-20(22)17-9-7-14-6-8-16(23-3)11-18(14)17/h6,8,11,13,15,17,19H,4-5,7,9-10,12H2,1-3H3,(H,21,22). The van der Waals surface area contributed by atoms with Crippen molar-refractivity contribution in [2.24, 2.45) is 11.8 Å². The zero-order chi connectivity index (χ0) is 17.1. The average Bonchev–Trinajstić information content (AvgIpc) is 3.02. The van der Waals surface area contributed by atoms with Gasteiger partial charge >= 0.3 is 0 Å². The highest BCUT2D eigenvalue weighted by molar-refractivity contribution is 5.85. The van der Waals surface area contributed by atoms with E-state index in [2.05, 4.69) is 25.2 Å². The third-order valence-electron chi connectivity index (χ3n) is 5.44. The van der Waals surface area contributed by atoms with Gasteiger partial charge in [0.2, 0.25) is 5.91 Å². The Hall–Kier alpha value is -1.55. The topological polar surface area (TPSA) is 47.6 Å². The van der Waals surface area contributed by atoms with Crippen molar-refractivity contribution in [1.29, 1.82) is 0 Å². The quantitative estimate of drug-likeness (QED) is 0.900. The molecule has 0 radical (unpaired) electrons. The van der Waals surface area contributed by atoms with Crippen LogP contribution in [0.25, 0.3) is 0 Å². The lowest BCUT2D eigenvalue weighted by Gasteiger charge is -2.34. The maximum Gasteiger partial charge on any atom is 0.227 e. The molecule has 4 nitrogen and oxygen atoms in total. The molecule has 132 valence electrons. The van der Waals surface area contributed by atoms with Gasteiger partial charge in [-0.1, -0.05) is 19.9 Å². The van der Waals surface area contributed by atoms with Crippen LogP contribution < -0.4 is 10.1 Å². The Morgan fingerprint density at radius 1 is 1.38 bits per heavy atom. The summed E-state index contributed by atoms with van der Waals surface area (Å²) < 4.78 is 11.2. The number of rotatable bonds is 5. The second-order valence-corrected chi connectivity index (χ2v) is 7.38. The van der Waals surface area contributed by atoms with Crippen molar-refractivity contribution in [3.63, 3.8) is 0 Å². The van der Waals surface area contributed by atoms with E-state index in [4.69, 9.17) is 9.47 Å². The first-order chi connectivity index (χ1) is 11.6. The molecule has 0 aromatic heterocycles. The number of carbonyl (C=O) groups is 1. The third kappa shape index (κ3) is 3.59. The summed E-state index contributed by atoms with van der Waals surface area (Å²) in [6.45, 7) is 5.97. The van der Waals surface area contributed by atoms with Crippen LogP contribution in [0.5, 0.6) is 5.75 Å². The molecular formula is C20H29NO3. The van der Waals surface area contributed by atoms with Crippen molar-refractivity contribution in [1.82, 2.24) is 5.32 Å². The van der Waals surface area contributed by atoms with E-state index in [0.717, 1.165) is 50.1 Å². The number of hydrogen-bond acceptors (Lipinski definition) is 3. The van der Waals surface area contributed by atoms with Crippen molar-refractivity contribution in [2.75, 3.05) is 20.3 Å². The highest BCUT2D eigenvalue weighted by atomic mass is 16.5. The van der Waals surface area contributed by atoms with E-state index in [1.54, 1.807) is 7.11 Å². The molecule has 1 aromatic carbocycles. The van der Waals surface area contributed by atoms with Crippen molar-refractivity contribution in [2.45, 2.75) is 51.6 Å². The number of hydrogen-bond donors (Lipinski definition) is 1. The van der Waals surface area contributed by atoms with Gasteiger partial charge in [0.25, 0.3) is 0 Å². The summed E-state index contributed by atoms with van der Waals surface area (Å²) in [5.41, 5.74) is 2.41. The summed E-state index contributed by atoms with van der Waals surface area (Å²) in [6.07, 6.45) is 4.35. The van der Waals surface area contributed by atoms with Crippen LogP contribution >= 0.6 is 0 Å². The predicted molar refractivity (Wildman–Crippen MR) is 94.4 cm³/mol. The number of ether oxygens (including phenoxy) is 2. The maximum atomic E-state index is 12.7. The molecule has 1 saturated heterocycles. The molecule has 0 saturated carbocycles. The van der Waals surface area contributed by atoms with Gasteiger partial charge in [-0.05, 0) is 54.9 Å². The lowest BCUT2D eigenvalue weighted by Crippen LogP contribution is -2.42. The van der Waals surface area contributed by atoms with Crippen LogP contribution in [0.3, 0.4) is 0 Å². The predicted octanol–water partition coefficient (Wildman–Crippen LogP) is 3.29. The molecule has 0 bridgehead atoms. The zero-order valence-electron chi connectivity index (χ0n) is 15.0. The van der Waals surface area contributed by atoms with E-state index in [9.17, 15) is 4.79 Å². The number of fused-ring (bicyclic) bond motifs is 1. The average molecular weight is 331 g/mol. The minimum atomic E-state index is -0.0443. The monoisotopic (exact) mass is 331 g/mol. The van der Waals surface area contributed by atoms with Gasteiger partial charge in [0.1, 0.15) is 5.75 Å². The molecule has 3 atom stereocenters. The number of benzene rings is 1. The zero-order valence-corrected chi connectivity index (χ0v) is 15.0. The van der Waals surface area contributed by atoms with Crippen LogP contribution in [0.4, 0.5) is 0 Å². The first kappa shape index (κ1) is 17.3. The molecule has 24 heavy (non-hydrogen) atoms. The lowest BCUT2D eigenvalue weighted by atomic mass is 9.87. The molecule has 1 aromatic rings. The van der Waals surface area contributed by atoms with Gasteiger partial charge in [-0.3, -0.25) is 4.79 Å². The van der Waals surface area contributed by atoms with E-state index in [-0.39, 0.29) is 17.9 Å². The molecule has 1 N–H and O–H groups in total. The Balaban J connectivity index is 1.62. The Bertz CT molecular complexity index is 584. The number of nitrogens with one attached hydrogen (secondary N) is 1. The van der Waals surface area contributed by atoms with E-state index in [1.165, 1.54) is 5.56 Å². The summed E-state index contributed by atoms with van der Waals surface area (Å²) in [5, 5.41) is 3.20. The largest absolute Gasteiger partial charge is 0.497 e. The summed E-state index contributed by atoms with van der Waals surface area (Å²) >= 11 is 0. The number of carbonyl (C=O) groups excluding carboxylic acids is 1. The summed E-state index contributed by atoms with van der Waals surface area (Å²) in [7, 11) is 1.67. The Labute approximate surface area is 144 Å². The van der Waals surface area contributed by atoms with Crippen LogP contribution in [-0.2, 0) is 16.0 Å². The molecule has 1 fully saturated rings. The van der Waals surface area contributed by atoms with Gasteiger partial charge in [-0.15, -0.1) is 0 Å². The Kier molecular flexibility index (Phi) is 5.44. The van der Waals surface area contributed by atoms with Gasteiger partial charge in [-0.25, -0.2) is 0 Å². The maximum absolute atomic E-state index is 12.7. The number of aryl methyl sites for hydroxylation is 1. The fraction of sp³-hybridized carbons (Fsp3) is 0.650. The summed E-state index contributed by atoms with van der Waals surface area (Å²) in [5.74, 6) is 1.85. The normalized spacial score (nSPS) is 26.2. The van der Waals surface area contributed by atoms with E-state index < -0.39 is 0 Å². The van der Waals surface area contributed by atoms with Crippen LogP contribution in [0, 0.1) is 11.8 Å². The molecule has 2 aliphatic rings. The highest BCUT2D eigenvalue weighted by Crippen LogP contribution is 2.35. The highest BCUT2D eigenvalue weighted by Gasteiger charge is 2.32. The second-order valence-electron chi connectivity index (χ2n) is 7.38. The first-order valence-electron chi connectivity index (χ1n) is 9.16. The summed E-state index contributed by atoms with van der Waals surface area (Å²) in [6, 6.07) is 6.09. The Morgan fingerprint density at radius 3 is 2.96 bits per heavy atom. The smallest absolute Gasteiger partial charge is 0.227 e. The molecule has 0 spiro atoms.